The van der Waals surface area contributed by atoms with E-state index in [9.17, 15) is 80.9 Å². The number of hydrogen-bond acceptors (Lipinski definition) is 18. The molecule has 0 spiro atoms. The van der Waals surface area contributed by atoms with Crippen molar-refractivity contribution in [3.63, 3.8) is 0 Å². The number of aromatic nitrogens is 4. The zero-order valence-corrected chi connectivity index (χ0v) is 66.5. The number of fused-ring (bicyclic) bond motifs is 8. The van der Waals surface area contributed by atoms with Crippen LogP contribution in [0.1, 0.15) is 22.8 Å². The molecule has 0 fully saturated rings. The molecule has 112 heavy (non-hydrogen) atoms. The van der Waals surface area contributed by atoms with Crippen molar-refractivity contribution >= 4 is 145 Å². The van der Waals surface area contributed by atoms with E-state index in [0.717, 1.165) is 69.3 Å². The van der Waals surface area contributed by atoms with Gasteiger partial charge in [0.1, 0.15) is 22.3 Å². The highest BCUT2D eigenvalue weighted by molar-refractivity contribution is 6.90. The van der Waals surface area contributed by atoms with Crippen molar-refractivity contribution in [2.24, 2.45) is 0 Å². The van der Waals surface area contributed by atoms with Gasteiger partial charge in [-0.05, 0) is 95.1 Å². The van der Waals surface area contributed by atoms with E-state index >= 15 is 0 Å². The number of H-pyrrole nitrogens is 2. The van der Waals surface area contributed by atoms with E-state index in [1.807, 2.05) is 103 Å². The fourth-order valence-corrected chi connectivity index (χ4v) is 19.2. The molecule has 2 aliphatic rings. The van der Waals surface area contributed by atoms with Gasteiger partial charge in [0.2, 0.25) is 0 Å². The Morgan fingerprint density at radius 1 is 0.232 bits per heavy atom. The van der Waals surface area contributed by atoms with Gasteiger partial charge in [0.25, 0.3) is 45.5 Å². The van der Waals surface area contributed by atoms with Crippen LogP contribution in [-0.2, 0) is 0 Å². The Morgan fingerprint density at radius 2 is 0.402 bits per heavy atom. The van der Waals surface area contributed by atoms with Crippen LogP contribution >= 0.6 is 0 Å². The average molecular weight is 1570 g/mol. The predicted molar refractivity (Wildman–Crippen MR) is 448 cm³/mol. The molecule has 3 aromatic heterocycles. The number of rotatable bonds is 20. The zero-order chi connectivity index (χ0) is 80.9. The van der Waals surface area contributed by atoms with Crippen LogP contribution in [-0.4, -0.2) is 91.6 Å². The highest BCUT2D eigenvalue weighted by Crippen LogP contribution is 2.52. The maximum Gasteiger partial charge on any atom is 0.284 e. The molecule has 8 bridgehead atoms. The van der Waals surface area contributed by atoms with Gasteiger partial charge in [-0.15, -0.1) is 0 Å². The second kappa shape index (κ2) is 28.5. The van der Waals surface area contributed by atoms with Crippen LogP contribution in [0.3, 0.4) is 0 Å². The quantitative estimate of drug-likeness (QED) is 0.0406. The van der Waals surface area contributed by atoms with Crippen molar-refractivity contribution < 1.29 is 39.4 Å². The van der Waals surface area contributed by atoms with E-state index in [4.69, 9.17) is 9.97 Å². The van der Waals surface area contributed by atoms with Crippen molar-refractivity contribution in [1.29, 1.82) is 0 Å². The minimum atomic E-state index is -2.48. The molecule has 8 aromatic carbocycles. The van der Waals surface area contributed by atoms with Crippen LogP contribution in [0.2, 0.25) is 78.6 Å². The monoisotopic (exact) mass is 1570 g/mol. The first-order valence-corrected chi connectivity index (χ1v) is 49.2. The van der Waals surface area contributed by atoms with Gasteiger partial charge in [-0.2, -0.15) is 0 Å². The Morgan fingerprint density at radius 3 is 0.554 bits per heavy atom. The number of nitrogens with one attached hydrogen (secondary N) is 2. The van der Waals surface area contributed by atoms with Crippen molar-refractivity contribution in [2.75, 3.05) is 0 Å². The lowest BCUT2D eigenvalue weighted by molar-refractivity contribution is -0.393. The third kappa shape index (κ3) is 14.0. The topological polar surface area (TPSA) is 402 Å². The van der Waals surface area contributed by atoms with E-state index in [2.05, 4.69) is 9.97 Å². The normalized spacial score (nSPS) is 12.2. The minimum Gasteiger partial charge on any atom is -0.354 e. The maximum atomic E-state index is 13.5. The molecule has 2 aliphatic heterocycles. The Bertz CT molecular complexity index is 5390. The lowest BCUT2D eigenvalue weighted by Gasteiger charge is -2.21. The lowest BCUT2D eigenvalue weighted by Crippen LogP contribution is -2.37. The predicted octanol–water partition coefficient (Wildman–Crippen LogP) is 19.4. The second-order valence-corrected chi connectivity index (χ2v) is 51.6. The van der Waals surface area contributed by atoms with Crippen LogP contribution in [0, 0.1) is 80.9 Å². The molecule has 0 aliphatic carbocycles. The molecular formula is C80H70N12O16Si4. The van der Waals surface area contributed by atoms with Crippen LogP contribution < -0.4 is 20.7 Å². The van der Waals surface area contributed by atoms with Gasteiger partial charge in [0.05, 0.1) is 94.5 Å². The number of nitro groups is 8. The maximum absolute atomic E-state index is 13.5. The number of aromatic amines is 2. The van der Waals surface area contributed by atoms with E-state index < -0.39 is 117 Å². The van der Waals surface area contributed by atoms with E-state index in [0.29, 0.717) is 0 Å². The Hall–Kier alpha value is -13.6. The van der Waals surface area contributed by atoms with Gasteiger partial charge in [-0.3, -0.25) is 80.9 Å². The molecule has 5 heterocycles. The molecule has 0 amide bonds. The van der Waals surface area contributed by atoms with Gasteiger partial charge in [-0.25, -0.2) is 9.97 Å². The van der Waals surface area contributed by atoms with Crippen molar-refractivity contribution in [1.82, 2.24) is 19.9 Å². The first kappa shape index (κ1) is 76.6. The molecule has 0 saturated carbocycles. The summed E-state index contributed by atoms with van der Waals surface area (Å²) in [6.45, 7) is 24.4. The summed E-state index contributed by atoms with van der Waals surface area (Å²) >= 11 is 0. The molecule has 0 saturated heterocycles. The van der Waals surface area contributed by atoms with Gasteiger partial charge in [0, 0.05) is 115 Å². The van der Waals surface area contributed by atoms with Gasteiger partial charge >= 0.3 is 0 Å². The molecule has 13 rings (SSSR count). The van der Waals surface area contributed by atoms with Crippen LogP contribution in [0.5, 0.6) is 0 Å². The Labute approximate surface area is 641 Å². The Balaban J connectivity index is 1.33. The van der Waals surface area contributed by atoms with Crippen LogP contribution in [0.15, 0.2) is 170 Å². The summed E-state index contributed by atoms with van der Waals surface area (Å²) in [6.07, 6.45) is 6.50. The highest BCUT2D eigenvalue weighted by Gasteiger charge is 2.38. The number of benzene rings is 8. The average Bonchev–Trinajstić information content (AvgIpc) is 1.52. The van der Waals surface area contributed by atoms with Crippen molar-refractivity contribution in [3.05, 3.63) is 274 Å². The van der Waals surface area contributed by atoms with Crippen LogP contribution in [0.25, 0.3) is 135 Å². The summed E-state index contributed by atoms with van der Waals surface area (Å²) in [5.74, 6) is 0. The summed E-state index contributed by atoms with van der Waals surface area (Å²) in [4.78, 5) is 120. The number of hydrogen-bond donors (Lipinski definition) is 2. The highest BCUT2D eigenvalue weighted by atomic mass is 28.3. The standard InChI is InChI=1S/C80H70N12O16Si4/c1-109(2,3)45-25-29-49(53(41-45)77-65(85(93)94)17-13-18-66(77)86(95)96)73-57-33-35-59(81-57)74(50-30-26-46(110(4,5)6)42-54(50)78-67(87(97)98)19-14-20-68(78)88(99)100)61-37-39-63(83-61)76(52-32-28-48(112(10,11)12)44-56(52)80-71(91(105)106)23-16-24-72(80)92(107)108)64-40-38-62(84-64)75(60-36-34-58(73)82-60)51-31-27-47(111(7,8)9)43-55(51)79-69(89(101)102)21-15-22-70(79)90(103)104/h13-44,81,84H,1-12H3. The van der Waals surface area contributed by atoms with Gasteiger partial charge in [0.15, 0.2) is 0 Å². The molecule has 32 heteroatoms. The summed E-state index contributed by atoms with van der Waals surface area (Å²) in [5.41, 5.74) is -3.71. The summed E-state index contributed by atoms with van der Waals surface area (Å²) in [5, 5.41) is 111. The molecule has 0 atom stereocenters. The van der Waals surface area contributed by atoms with E-state index in [1.54, 1.807) is 97.1 Å². The third-order valence-corrected chi connectivity index (χ3v) is 28.3. The van der Waals surface area contributed by atoms with E-state index in [1.165, 1.54) is 24.3 Å². The van der Waals surface area contributed by atoms with E-state index in [-0.39, 0.29) is 134 Å². The summed E-state index contributed by atoms with van der Waals surface area (Å²) < 4.78 is 0. The molecule has 562 valence electrons. The molecule has 11 aromatic rings. The van der Waals surface area contributed by atoms with Crippen molar-refractivity contribution in [2.45, 2.75) is 78.6 Å². The van der Waals surface area contributed by atoms with Crippen LogP contribution in [0.4, 0.5) is 45.5 Å². The smallest absolute Gasteiger partial charge is 0.284 e. The summed E-state index contributed by atoms with van der Waals surface area (Å²) in [7, 11) is -9.94. The van der Waals surface area contributed by atoms with Gasteiger partial charge in [-0.1, -0.05) is 172 Å². The second-order valence-electron chi connectivity index (χ2n) is 31.3. The first-order valence-electron chi connectivity index (χ1n) is 35.2. The molecular weight excluding hydrogens is 1500 g/mol. The SMILES string of the molecule is C[Si](C)(C)c1ccc(-c2c3nc(c(-c4ccc([Si](C)(C)C)cc4-c4c([N+](=O)[O-])cccc4[N+](=O)[O-])c4ccc([nH]4)c(-c4ccc([Si](C)(C)C)cc4-c4c([N+](=O)[O-])cccc4[N+](=O)[O-])c4nc(c(-c5ccc([Si](C)(C)C)cc5-c5c([N+](=O)[O-])cccc5[N+](=O)[O-])c5ccc2[nH]5)C=C4)C=C3)c(-c2c([N+](=O)[O-])cccc2[N+](=O)[O-])c1. The first-order chi connectivity index (χ1) is 52.7. The largest absolute Gasteiger partial charge is 0.354 e. The zero-order valence-electron chi connectivity index (χ0n) is 62.5. The molecule has 28 nitrogen and oxygen atoms in total. The summed E-state index contributed by atoms with van der Waals surface area (Å²) in [6, 6.07) is 41.7. The van der Waals surface area contributed by atoms with Crippen molar-refractivity contribution in [3.8, 4) is 89.0 Å². The fourth-order valence-electron chi connectivity index (χ4n) is 14.5. The lowest BCUT2D eigenvalue weighted by atomic mass is 9.91. The number of nitro benzene ring substituents is 8. The third-order valence-electron chi connectivity index (χ3n) is 20.1. The Kier molecular flexibility index (Phi) is 19.5. The molecule has 0 radical (unpaired) electrons. The number of nitrogens with zero attached hydrogens (tertiary/aromatic N) is 10. The van der Waals surface area contributed by atoms with Gasteiger partial charge < -0.3 is 9.97 Å². The minimum absolute atomic E-state index is 0.0427. The molecule has 2 N–H and O–H groups in total. The fraction of sp³-hybridized carbons (Fsp3) is 0.150. The molecule has 0 unspecified atom stereocenters.